The van der Waals surface area contributed by atoms with E-state index in [1.54, 1.807) is 91.0 Å². The molecular weight excluding hydrogens is 452 g/mol. The molecule has 2 atom stereocenters. The van der Waals surface area contributed by atoms with Crippen molar-refractivity contribution in [1.82, 2.24) is 0 Å². The smallest absolute Gasteiger partial charge is 0.338 e. The maximum atomic E-state index is 13.0. The van der Waals surface area contributed by atoms with E-state index in [-0.39, 0.29) is 13.2 Å². The summed E-state index contributed by atoms with van der Waals surface area (Å²) in [5.41, 5.74) is -0.611. The van der Waals surface area contributed by atoms with E-state index in [0.29, 0.717) is 16.7 Å². The Morgan fingerprint density at radius 2 is 1.06 bits per heavy atom. The Labute approximate surface area is 201 Å². The highest BCUT2D eigenvalue weighted by molar-refractivity contribution is 5.91. The van der Waals surface area contributed by atoms with Crippen molar-refractivity contribution < 1.29 is 38.1 Å². The summed E-state index contributed by atoms with van der Waals surface area (Å²) in [5, 5.41) is 0. The van der Waals surface area contributed by atoms with Crippen LogP contribution < -0.4 is 0 Å². The minimum atomic E-state index is -1.52. The largest absolute Gasteiger partial charge is 0.450 e. The molecule has 0 amide bonds. The molecule has 3 aromatic rings. The zero-order chi connectivity index (χ0) is 24.3. The van der Waals surface area contributed by atoms with E-state index < -0.39 is 42.0 Å². The van der Waals surface area contributed by atoms with Crippen LogP contribution in [0.15, 0.2) is 91.0 Å². The maximum Gasteiger partial charge on any atom is 0.338 e. The lowest BCUT2D eigenvalue weighted by molar-refractivity contribution is -0.357. The lowest BCUT2D eigenvalue weighted by atomic mass is 9.87. The van der Waals surface area contributed by atoms with Gasteiger partial charge in [0.1, 0.15) is 0 Å². The molecule has 8 nitrogen and oxygen atoms in total. The molecular formula is C27H22O8. The summed E-state index contributed by atoms with van der Waals surface area (Å²) in [6.07, 6.45) is -3.32. The third kappa shape index (κ3) is 4.66. The number of carbonyl (C=O) groups is 3. The molecule has 0 saturated carbocycles. The van der Waals surface area contributed by atoms with Gasteiger partial charge in [0.25, 0.3) is 0 Å². The van der Waals surface area contributed by atoms with Crippen LogP contribution in [0.25, 0.3) is 0 Å². The van der Waals surface area contributed by atoms with E-state index in [9.17, 15) is 14.4 Å². The topological polar surface area (TPSA) is 97.4 Å². The van der Waals surface area contributed by atoms with Crippen molar-refractivity contribution >= 4 is 17.9 Å². The van der Waals surface area contributed by atoms with Crippen LogP contribution >= 0.6 is 0 Å². The summed E-state index contributed by atoms with van der Waals surface area (Å²) in [4.78, 5) is 38.8. The van der Waals surface area contributed by atoms with Gasteiger partial charge in [-0.1, -0.05) is 54.6 Å². The highest BCUT2D eigenvalue weighted by Crippen LogP contribution is 2.39. The molecule has 3 saturated heterocycles. The molecule has 3 aliphatic heterocycles. The SMILES string of the molecule is O=C(O[C@H]1C2OCC(OC(=O)c3ccccc3)(CO2)[C@H]1OC(=O)c1ccccc1)c1ccccc1. The Morgan fingerprint density at radius 1 is 0.629 bits per heavy atom. The van der Waals surface area contributed by atoms with Gasteiger partial charge in [0, 0.05) is 0 Å². The normalized spacial score (nSPS) is 24.9. The highest BCUT2D eigenvalue weighted by Gasteiger charge is 2.62. The molecule has 6 rings (SSSR count). The molecule has 0 N–H and O–H groups in total. The Bertz CT molecular complexity index is 1190. The molecule has 0 radical (unpaired) electrons. The van der Waals surface area contributed by atoms with Crippen LogP contribution in [-0.4, -0.2) is 55.2 Å². The number of hydrogen-bond acceptors (Lipinski definition) is 8. The third-order valence-electron chi connectivity index (χ3n) is 5.87. The van der Waals surface area contributed by atoms with Crippen molar-refractivity contribution in [3.05, 3.63) is 108 Å². The number of hydrogen-bond donors (Lipinski definition) is 0. The molecule has 0 aliphatic carbocycles. The first-order chi connectivity index (χ1) is 17.1. The van der Waals surface area contributed by atoms with Crippen LogP contribution in [0.5, 0.6) is 0 Å². The fraction of sp³-hybridized carbons (Fsp3) is 0.222. The van der Waals surface area contributed by atoms with Gasteiger partial charge in [-0.2, -0.15) is 0 Å². The van der Waals surface area contributed by atoms with Gasteiger partial charge in [-0.05, 0) is 36.4 Å². The van der Waals surface area contributed by atoms with Gasteiger partial charge in [0.2, 0.25) is 0 Å². The van der Waals surface area contributed by atoms with Crippen LogP contribution in [0, 0.1) is 0 Å². The molecule has 3 fully saturated rings. The summed E-state index contributed by atoms with van der Waals surface area (Å²) in [6, 6.07) is 25.1. The molecule has 3 heterocycles. The summed E-state index contributed by atoms with van der Waals surface area (Å²) < 4.78 is 28.9. The molecule has 0 spiro atoms. The Balaban J connectivity index is 1.46. The zero-order valence-electron chi connectivity index (χ0n) is 18.6. The number of carbonyl (C=O) groups excluding carboxylic acids is 3. The van der Waals surface area contributed by atoms with Gasteiger partial charge in [0.05, 0.1) is 29.9 Å². The molecule has 178 valence electrons. The first kappa shape index (κ1) is 22.8. The molecule has 0 aromatic heterocycles. The number of esters is 3. The number of ether oxygens (including phenoxy) is 5. The highest BCUT2D eigenvalue weighted by atomic mass is 16.8. The number of benzene rings is 3. The third-order valence-corrected chi connectivity index (χ3v) is 5.87. The second-order valence-electron chi connectivity index (χ2n) is 8.24. The predicted molar refractivity (Wildman–Crippen MR) is 122 cm³/mol. The standard InChI is InChI=1S/C27H22O8/c28-23(18-10-4-1-5-11-18)33-21-22(34-24(29)19-12-6-2-7-13-19)27(16-31-26(21)32-17-27)35-25(30)20-14-8-3-9-15-20/h1-15,21-22,26H,16-17H2/t21-,22+,26?,27?/m1/s1. The first-order valence-corrected chi connectivity index (χ1v) is 11.1. The molecule has 8 heteroatoms. The van der Waals surface area contributed by atoms with E-state index in [1.165, 1.54) is 0 Å². The zero-order valence-corrected chi connectivity index (χ0v) is 18.6. The fourth-order valence-corrected chi connectivity index (χ4v) is 4.08. The van der Waals surface area contributed by atoms with Gasteiger partial charge in [-0.3, -0.25) is 0 Å². The Kier molecular flexibility index (Phi) is 6.31. The first-order valence-electron chi connectivity index (χ1n) is 11.1. The molecule has 35 heavy (non-hydrogen) atoms. The average molecular weight is 474 g/mol. The van der Waals surface area contributed by atoms with E-state index in [2.05, 4.69) is 0 Å². The fourth-order valence-electron chi connectivity index (χ4n) is 4.08. The van der Waals surface area contributed by atoms with E-state index >= 15 is 0 Å². The van der Waals surface area contributed by atoms with Crippen molar-refractivity contribution in [1.29, 1.82) is 0 Å². The van der Waals surface area contributed by atoms with Crippen LogP contribution in [-0.2, 0) is 23.7 Å². The lowest BCUT2D eigenvalue weighted by Crippen LogP contribution is -2.72. The second kappa shape index (κ2) is 9.69. The Hall–Kier alpha value is -4.01. The summed E-state index contributed by atoms with van der Waals surface area (Å²) in [6.45, 7) is -0.190. The van der Waals surface area contributed by atoms with Crippen LogP contribution in [0.4, 0.5) is 0 Å². The van der Waals surface area contributed by atoms with Crippen molar-refractivity contribution in [3.8, 4) is 0 Å². The number of fused-ring (bicyclic) bond motifs is 3. The van der Waals surface area contributed by atoms with Crippen molar-refractivity contribution in [2.75, 3.05) is 13.2 Å². The van der Waals surface area contributed by atoms with Crippen LogP contribution in [0.2, 0.25) is 0 Å². The number of rotatable bonds is 6. The van der Waals surface area contributed by atoms with E-state index in [1.807, 2.05) is 0 Å². The summed E-state index contributed by atoms with van der Waals surface area (Å²) in [7, 11) is 0. The molecule has 0 unspecified atom stereocenters. The van der Waals surface area contributed by atoms with Gasteiger partial charge in [-0.25, -0.2) is 14.4 Å². The molecule has 2 bridgehead atoms. The van der Waals surface area contributed by atoms with Gasteiger partial charge in [-0.15, -0.1) is 0 Å². The van der Waals surface area contributed by atoms with Crippen LogP contribution in [0.3, 0.4) is 0 Å². The van der Waals surface area contributed by atoms with Crippen molar-refractivity contribution in [2.45, 2.75) is 24.1 Å². The van der Waals surface area contributed by atoms with Gasteiger partial charge in [0.15, 0.2) is 24.1 Å². The van der Waals surface area contributed by atoms with Crippen molar-refractivity contribution in [2.24, 2.45) is 0 Å². The van der Waals surface area contributed by atoms with Crippen LogP contribution in [0.1, 0.15) is 31.1 Å². The monoisotopic (exact) mass is 474 g/mol. The lowest BCUT2D eigenvalue weighted by Gasteiger charge is -2.52. The van der Waals surface area contributed by atoms with Crippen molar-refractivity contribution in [3.63, 3.8) is 0 Å². The molecule has 3 aromatic carbocycles. The van der Waals surface area contributed by atoms with Gasteiger partial charge >= 0.3 is 17.9 Å². The minimum Gasteiger partial charge on any atom is -0.450 e. The Morgan fingerprint density at radius 3 is 1.54 bits per heavy atom. The van der Waals surface area contributed by atoms with Gasteiger partial charge < -0.3 is 23.7 Å². The minimum absolute atomic E-state index is 0.0949. The second-order valence-corrected chi connectivity index (χ2v) is 8.24. The quantitative estimate of drug-likeness (QED) is 0.396. The summed E-state index contributed by atoms with van der Waals surface area (Å²) in [5.74, 6) is -1.95. The van der Waals surface area contributed by atoms with E-state index in [0.717, 1.165) is 0 Å². The maximum absolute atomic E-state index is 13.0. The molecule has 3 aliphatic rings. The average Bonchev–Trinajstić information content (AvgIpc) is 2.92. The predicted octanol–water partition coefficient (Wildman–Crippen LogP) is 3.42. The summed E-state index contributed by atoms with van der Waals surface area (Å²) >= 11 is 0. The van der Waals surface area contributed by atoms with E-state index in [4.69, 9.17) is 23.7 Å².